The van der Waals surface area contributed by atoms with Crippen molar-refractivity contribution in [2.24, 2.45) is 0 Å². The van der Waals surface area contributed by atoms with Gasteiger partial charge in [0.1, 0.15) is 24.4 Å². The fourth-order valence-corrected chi connectivity index (χ4v) is 3.60. The van der Waals surface area contributed by atoms with Crippen molar-refractivity contribution in [3.05, 3.63) is 69.7 Å². The van der Waals surface area contributed by atoms with Crippen molar-refractivity contribution < 1.29 is 29.2 Å². The van der Waals surface area contributed by atoms with Gasteiger partial charge in [0.05, 0.1) is 13.2 Å². The number of ether oxygens (including phenoxy) is 4. The first-order valence-corrected chi connectivity index (χ1v) is 9.68. The molecule has 8 heteroatoms. The van der Waals surface area contributed by atoms with E-state index in [9.17, 15) is 10.2 Å². The van der Waals surface area contributed by atoms with E-state index in [0.717, 1.165) is 11.1 Å². The van der Waals surface area contributed by atoms with E-state index in [0.29, 0.717) is 10.0 Å². The van der Waals surface area contributed by atoms with Gasteiger partial charge in [-0.05, 0) is 24.3 Å². The standard InChI is InChI=1S/C20H20Cl2O6/c21-13-5-1-11(2-6-13)19-25-10-16-18(17(27-19)15(24)9-23)28-20(26-16)12-3-7-14(22)8-4-12/h1-8,15-20,23-24H,9-10H2/t15-,16+,17-,18-,19?,20?/m0/s1. The molecule has 2 N–H and O–H groups in total. The number of halogens is 2. The second kappa shape index (κ2) is 8.65. The highest BCUT2D eigenvalue weighted by Crippen LogP contribution is 2.39. The molecule has 2 unspecified atom stereocenters. The molecule has 0 aromatic heterocycles. The van der Waals surface area contributed by atoms with Gasteiger partial charge in [0.25, 0.3) is 0 Å². The summed E-state index contributed by atoms with van der Waals surface area (Å²) in [5.74, 6) is 0. The minimum Gasteiger partial charge on any atom is -0.394 e. The first-order chi connectivity index (χ1) is 13.5. The molecule has 0 aliphatic carbocycles. The molecule has 150 valence electrons. The molecule has 6 atom stereocenters. The zero-order valence-electron chi connectivity index (χ0n) is 14.8. The number of aliphatic hydroxyl groups is 2. The molecule has 0 bridgehead atoms. The van der Waals surface area contributed by atoms with Crippen LogP contribution >= 0.6 is 23.2 Å². The summed E-state index contributed by atoms with van der Waals surface area (Å²) in [4.78, 5) is 0. The Hall–Kier alpha value is -1.22. The molecule has 2 heterocycles. The minimum absolute atomic E-state index is 0.205. The first-order valence-electron chi connectivity index (χ1n) is 8.93. The van der Waals surface area contributed by atoms with Gasteiger partial charge in [0.2, 0.25) is 0 Å². The Balaban J connectivity index is 1.55. The van der Waals surface area contributed by atoms with E-state index >= 15 is 0 Å². The maximum absolute atomic E-state index is 10.4. The zero-order chi connectivity index (χ0) is 19.7. The van der Waals surface area contributed by atoms with Gasteiger partial charge in [-0.2, -0.15) is 0 Å². The van der Waals surface area contributed by atoms with Crippen molar-refractivity contribution in [1.82, 2.24) is 0 Å². The van der Waals surface area contributed by atoms with Crippen LogP contribution in [-0.4, -0.2) is 47.8 Å². The molecule has 0 spiro atoms. The Morgan fingerprint density at radius 2 is 1.43 bits per heavy atom. The number of hydrogen-bond acceptors (Lipinski definition) is 6. The highest BCUT2D eigenvalue weighted by Gasteiger charge is 2.48. The molecule has 2 aliphatic heterocycles. The van der Waals surface area contributed by atoms with Crippen LogP contribution in [0.5, 0.6) is 0 Å². The molecule has 28 heavy (non-hydrogen) atoms. The predicted molar refractivity (Wildman–Crippen MR) is 102 cm³/mol. The SMILES string of the molecule is OC[C@H](O)[C@@H]1OC(c2ccc(Cl)cc2)OC[C@H]2OC(c3ccc(Cl)cc3)O[C@H]12. The molecule has 2 aromatic carbocycles. The van der Waals surface area contributed by atoms with Crippen LogP contribution in [0.15, 0.2) is 48.5 Å². The summed E-state index contributed by atoms with van der Waals surface area (Å²) in [5, 5.41) is 21.1. The molecule has 4 rings (SSSR count). The van der Waals surface area contributed by atoms with E-state index < -0.39 is 43.6 Å². The monoisotopic (exact) mass is 426 g/mol. The Morgan fingerprint density at radius 1 is 0.857 bits per heavy atom. The van der Waals surface area contributed by atoms with Gasteiger partial charge in [0, 0.05) is 21.2 Å². The fourth-order valence-electron chi connectivity index (χ4n) is 3.35. The third-order valence-corrected chi connectivity index (χ3v) is 5.32. The molecule has 0 radical (unpaired) electrons. The normalized spacial score (nSPS) is 31.2. The lowest BCUT2D eigenvalue weighted by Crippen LogP contribution is -2.45. The van der Waals surface area contributed by atoms with Gasteiger partial charge in [-0.15, -0.1) is 0 Å². The lowest BCUT2D eigenvalue weighted by molar-refractivity contribution is -0.216. The third kappa shape index (κ3) is 4.20. The largest absolute Gasteiger partial charge is 0.394 e. The van der Waals surface area contributed by atoms with E-state index in [1.807, 2.05) is 12.1 Å². The van der Waals surface area contributed by atoms with Crippen molar-refractivity contribution in [3.8, 4) is 0 Å². The smallest absolute Gasteiger partial charge is 0.184 e. The van der Waals surface area contributed by atoms with Gasteiger partial charge in [-0.3, -0.25) is 0 Å². The van der Waals surface area contributed by atoms with E-state index in [4.69, 9.17) is 42.1 Å². The summed E-state index contributed by atoms with van der Waals surface area (Å²) in [5.41, 5.74) is 1.54. The van der Waals surface area contributed by atoms with Crippen molar-refractivity contribution in [1.29, 1.82) is 0 Å². The van der Waals surface area contributed by atoms with E-state index in [-0.39, 0.29) is 6.61 Å². The average Bonchev–Trinajstić information content (AvgIpc) is 3.05. The van der Waals surface area contributed by atoms with Crippen molar-refractivity contribution in [2.75, 3.05) is 13.2 Å². The molecule has 2 aliphatic rings. The van der Waals surface area contributed by atoms with Gasteiger partial charge in [-0.25, -0.2) is 0 Å². The van der Waals surface area contributed by atoms with Gasteiger partial charge >= 0.3 is 0 Å². The molecular formula is C20H20Cl2O6. The molecule has 2 fully saturated rings. The molecule has 0 saturated carbocycles. The van der Waals surface area contributed by atoms with Gasteiger partial charge in [0.15, 0.2) is 12.6 Å². The maximum Gasteiger partial charge on any atom is 0.184 e. The van der Waals surface area contributed by atoms with Crippen molar-refractivity contribution in [2.45, 2.75) is 37.0 Å². The quantitative estimate of drug-likeness (QED) is 0.781. The van der Waals surface area contributed by atoms with Crippen LogP contribution in [-0.2, 0) is 18.9 Å². The fraction of sp³-hybridized carbons (Fsp3) is 0.400. The average molecular weight is 427 g/mol. The summed E-state index contributed by atoms with van der Waals surface area (Å²) in [6, 6.07) is 14.2. The number of aliphatic hydroxyl groups excluding tert-OH is 2. The van der Waals surface area contributed by atoms with E-state index in [1.165, 1.54) is 0 Å². The Bertz CT molecular complexity index is 784. The minimum atomic E-state index is -1.16. The summed E-state index contributed by atoms with van der Waals surface area (Å²) >= 11 is 11.9. The summed E-state index contributed by atoms with van der Waals surface area (Å²) < 4.78 is 24.0. The third-order valence-electron chi connectivity index (χ3n) is 4.81. The van der Waals surface area contributed by atoms with Crippen LogP contribution in [0.25, 0.3) is 0 Å². The van der Waals surface area contributed by atoms with Crippen LogP contribution in [0.2, 0.25) is 10.0 Å². The highest BCUT2D eigenvalue weighted by molar-refractivity contribution is 6.30. The summed E-state index contributed by atoms with van der Waals surface area (Å²) in [7, 11) is 0. The number of rotatable bonds is 4. The predicted octanol–water partition coefficient (Wildman–Crippen LogP) is 3.24. The number of hydrogen-bond donors (Lipinski definition) is 2. The van der Waals surface area contributed by atoms with Crippen LogP contribution < -0.4 is 0 Å². The van der Waals surface area contributed by atoms with E-state index in [2.05, 4.69) is 0 Å². The molecule has 6 nitrogen and oxygen atoms in total. The van der Waals surface area contributed by atoms with Crippen LogP contribution in [0, 0.1) is 0 Å². The second-order valence-electron chi connectivity index (χ2n) is 6.73. The van der Waals surface area contributed by atoms with Crippen LogP contribution in [0.3, 0.4) is 0 Å². The maximum atomic E-state index is 10.4. The van der Waals surface area contributed by atoms with Gasteiger partial charge in [-0.1, -0.05) is 47.5 Å². The lowest BCUT2D eigenvalue weighted by Gasteiger charge is -2.28. The molecular weight excluding hydrogens is 407 g/mol. The second-order valence-corrected chi connectivity index (χ2v) is 7.60. The Morgan fingerprint density at radius 3 is 2.00 bits per heavy atom. The van der Waals surface area contributed by atoms with Crippen LogP contribution in [0.1, 0.15) is 23.7 Å². The Labute approximate surface area is 172 Å². The topological polar surface area (TPSA) is 77.4 Å². The molecule has 2 aromatic rings. The molecule has 2 saturated heterocycles. The van der Waals surface area contributed by atoms with Crippen molar-refractivity contribution >= 4 is 23.2 Å². The Kier molecular flexibility index (Phi) is 6.20. The lowest BCUT2D eigenvalue weighted by atomic mass is 10.0. The van der Waals surface area contributed by atoms with Gasteiger partial charge < -0.3 is 29.2 Å². The first kappa shape index (κ1) is 20.1. The zero-order valence-corrected chi connectivity index (χ0v) is 16.3. The summed E-state index contributed by atoms with van der Waals surface area (Å²) in [6.07, 6.45) is -4.45. The number of fused-ring (bicyclic) bond motifs is 1. The van der Waals surface area contributed by atoms with Crippen LogP contribution in [0.4, 0.5) is 0 Å². The summed E-state index contributed by atoms with van der Waals surface area (Å²) in [6.45, 7) is -0.271. The van der Waals surface area contributed by atoms with E-state index in [1.54, 1.807) is 36.4 Å². The number of benzene rings is 2. The molecule has 0 amide bonds. The van der Waals surface area contributed by atoms with Crippen molar-refractivity contribution in [3.63, 3.8) is 0 Å². The highest BCUT2D eigenvalue weighted by atomic mass is 35.5.